The van der Waals surface area contributed by atoms with Gasteiger partial charge in [0, 0.05) is 29.9 Å². The van der Waals surface area contributed by atoms with Gasteiger partial charge in [-0.15, -0.1) is 12.4 Å². The number of carbonyl (C=O) groups excluding carboxylic acids is 1. The third-order valence-corrected chi connectivity index (χ3v) is 9.28. The van der Waals surface area contributed by atoms with E-state index in [4.69, 9.17) is 9.47 Å². The highest BCUT2D eigenvalue weighted by Gasteiger charge is 2.35. The largest absolute Gasteiger partial charge is 0.482 e. The summed E-state index contributed by atoms with van der Waals surface area (Å²) >= 11 is 0. The number of piperidine rings is 1. The molecule has 4 rings (SSSR count). The molecule has 1 atom stereocenters. The van der Waals surface area contributed by atoms with Crippen molar-refractivity contribution in [3.05, 3.63) is 41.7 Å². The smallest absolute Gasteiger partial charge is 0.311 e. The third kappa shape index (κ3) is 10.5. The number of hydrogen-bond donors (Lipinski definition) is 0. The van der Waals surface area contributed by atoms with Crippen molar-refractivity contribution in [3.63, 3.8) is 0 Å². The van der Waals surface area contributed by atoms with Crippen LogP contribution >= 0.6 is 12.4 Å². The number of halogens is 1. The molecule has 0 saturated carbocycles. The number of benzene rings is 1. The lowest BCUT2D eigenvalue weighted by atomic mass is 9.85. The molecule has 1 fully saturated rings. The fourth-order valence-corrected chi connectivity index (χ4v) is 6.68. The van der Waals surface area contributed by atoms with E-state index in [0.29, 0.717) is 18.1 Å². The Bertz CT molecular complexity index is 1130. The molecule has 0 bridgehead atoms. The zero-order valence-electron chi connectivity index (χ0n) is 27.4. The number of esters is 1. The summed E-state index contributed by atoms with van der Waals surface area (Å²) in [4.78, 5) is 20.0. The summed E-state index contributed by atoms with van der Waals surface area (Å²) in [5, 5.41) is 0. The molecule has 0 aliphatic carbocycles. The Morgan fingerprint density at radius 2 is 1.65 bits per heavy atom. The van der Waals surface area contributed by atoms with Crippen molar-refractivity contribution in [2.45, 2.75) is 142 Å². The van der Waals surface area contributed by atoms with Crippen molar-refractivity contribution in [3.8, 4) is 22.6 Å². The lowest BCUT2D eigenvalue weighted by Gasteiger charge is -2.35. The first-order valence-corrected chi connectivity index (χ1v) is 17.1. The van der Waals surface area contributed by atoms with Crippen LogP contribution in [0.3, 0.4) is 0 Å². The van der Waals surface area contributed by atoms with E-state index < -0.39 is 5.60 Å². The summed E-state index contributed by atoms with van der Waals surface area (Å²) in [5.41, 5.74) is 3.62. The maximum absolute atomic E-state index is 13.1. The van der Waals surface area contributed by atoms with Gasteiger partial charge in [0.15, 0.2) is 0 Å². The number of unbranched alkanes of at least 4 members (excludes halogenated alkanes) is 9. The minimum atomic E-state index is -0.487. The van der Waals surface area contributed by atoms with Crippen LogP contribution in [-0.2, 0) is 10.4 Å². The first kappa shape index (κ1) is 35.4. The highest BCUT2D eigenvalue weighted by atomic mass is 35.5. The summed E-state index contributed by atoms with van der Waals surface area (Å²) in [5.74, 6) is 1.61. The van der Waals surface area contributed by atoms with Crippen molar-refractivity contribution < 1.29 is 14.3 Å². The van der Waals surface area contributed by atoms with Gasteiger partial charge >= 0.3 is 5.97 Å². The standard InChI is InChI=1S/C37H56N2O3.ClH/c1-5-6-7-8-9-10-11-12-13-15-19-29(2)30-26-33(41-35(40)20-18-25-39-23-16-14-17-24-39)36-31-28-38-22-21-32(31)37(3,4)42-34(36)27-30;/h21-22,26-29H,5-20,23-25H2,1-4H3;1H. The van der Waals surface area contributed by atoms with Crippen molar-refractivity contribution in [2.24, 2.45) is 0 Å². The van der Waals surface area contributed by atoms with Crippen LogP contribution in [0, 0.1) is 0 Å². The molecule has 0 amide bonds. The van der Waals surface area contributed by atoms with Crippen molar-refractivity contribution in [1.29, 1.82) is 0 Å². The van der Waals surface area contributed by atoms with Crippen LogP contribution in [0.25, 0.3) is 11.1 Å². The Morgan fingerprint density at radius 3 is 2.35 bits per heavy atom. The van der Waals surface area contributed by atoms with Gasteiger partial charge in [-0.1, -0.05) is 84.5 Å². The Balaban J connectivity index is 0.00000506. The second-order valence-electron chi connectivity index (χ2n) is 13.3. The maximum Gasteiger partial charge on any atom is 0.311 e. The molecule has 43 heavy (non-hydrogen) atoms. The lowest BCUT2D eigenvalue weighted by Crippen LogP contribution is -2.31. The Labute approximate surface area is 267 Å². The van der Waals surface area contributed by atoms with Gasteiger partial charge in [0.25, 0.3) is 0 Å². The van der Waals surface area contributed by atoms with Crippen molar-refractivity contribution in [1.82, 2.24) is 9.88 Å². The van der Waals surface area contributed by atoms with Crippen LogP contribution in [-0.4, -0.2) is 35.5 Å². The van der Waals surface area contributed by atoms with Crippen molar-refractivity contribution >= 4 is 18.4 Å². The molecule has 240 valence electrons. The topological polar surface area (TPSA) is 51.7 Å². The van der Waals surface area contributed by atoms with E-state index in [0.717, 1.165) is 54.9 Å². The van der Waals surface area contributed by atoms with Crippen LogP contribution in [0.15, 0.2) is 30.6 Å². The predicted molar refractivity (Wildman–Crippen MR) is 181 cm³/mol. The van der Waals surface area contributed by atoms with Gasteiger partial charge in [0.1, 0.15) is 17.1 Å². The van der Waals surface area contributed by atoms with E-state index in [1.165, 1.54) is 89.0 Å². The highest BCUT2D eigenvalue weighted by molar-refractivity contribution is 5.85. The summed E-state index contributed by atoms with van der Waals surface area (Å²) in [6.45, 7) is 12.0. The average Bonchev–Trinajstić information content (AvgIpc) is 2.98. The number of fused-ring (bicyclic) bond motifs is 3. The normalized spacial score (nSPS) is 16.4. The summed E-state index contributed by atoms with van der Waals surface area (Å²) in [6, 6.07) is 6.30. The number of rotatable bonds is 17. The molecule has 6 heteroatoms. The predicted octanol–water partition coefficient (Wildman–Crippen LogP) is 10.4. The molecule has 0 spiro atoms. The van der Waals surface area contributed by atoms with E-state index in [1.807, 2.05) is 18.5 Å². The first-order chi connectivity index (χ1) is 20.4. The van der Waals surface area contributed by atoms with E-state index in [-0.39, 0.29) is 18.4 Å². The van der Waals surface area contributed by atoms with Gasteiger partial charge in [0.2, 0.25) is 0 Å². The number of aromatic nitrogens is 1. The molecule has 5 nitrogen and oxygen atoms in total. The molecule has 2 aliphatic heterocycles. The lowest BCUT2D eigenvalue weighted by molar-refractivity contribution is -0.134. The van der Waals surface area contributed by atoms with Gasteiger partial charge in [0.05, 0.1) is 5.56 Å². The molecule has 2 aliphatic rings. The Hall–Kier alpha value is -2.11. The first-order valence-electron chi connectivity index (χ1n) is 17.1. The molecule has 2 aromatic rings. The number of pyridine rings is 1. The van der Waals surface area contributed by atoms with Crippen molar-refractivity contribution in [2.75, 3.05) is 19.6 Å². The molecule has 0 N–H and O–H groups in total. The Morgan fingerprint density at radius 1 is 0.977 bits per heavy atom. The van der Waals surface area contributed by atoms with E-state index in [9.17, 15) is 4.79 Å². The molecular weight excluding hydrogens is 556 g/mol. The molecule has 1 aromatic heterocycles. The minimum absolute atomic E-state index is 0. The van der Waals surface area contributed by atoms with Crippen LogP contribution < -0.4 is 9.47 Å². The van der Waals surface area contributed by atoms with E-state index >= 15 is 0 Å². The van der Waals surface area contributed by atoms with Crippen LogP contribution in [0.2, 0.25) is 0 Å². The number of hydrogen-bond acceptors (Lipinski definition) is 5. The monoisotopic (exact) mass is 612 g/mol. The van der Waals surface area contributed by atoms with Gasteiger partial charge in [-0.25, -0.2) is 0 Å². The van der Waals surface area contributed by atoms with Crippen LogP contribution in [0.5, 0.6) is 11.5 Å². The molecule has 1 unspecified atom stereocenters. The van der Waals surface area contributed by atoms with E-state index in [2.05, 4.69) is 49.7 Å². The minimum Gasteiger partial charge on any atom is -0.482 e. The molecule has 0 radical (unpaired) electrons. The summed E-state index contributed by atoms with van der Waals surface area (Å²) in [7, 11) is 0. The second kappa shape index (κ2) is 18.0. The number of ether oxygens (including phenoxy) is 2. The van der Waals surface area contributed by atoms with Gasteiger partial charge < -0.3 is 14.4 Å². The number of likely N-dealkylation sites (tertiary alicyclic amines) is 1. The molecular formula is C37H57ClN2O3. The number of carbonyl (C=O) groups is 1. The SMILES string of the molecule is CCCCCCCCCCCCC(C)c1cc(OC(=O)CCCN2CCCCC2)c2c(c1)OC(C)(C)c1ccncc1-2.Cl. The molecule has 1 aromatic carbocycles. The molecule has 1 saturated heterocycles. The van der Waals surface area contributed by atoms with Crippen LogP contribution in [0.1, 0.15) is 147 Å². The van der Waals surface area contributed by atoms with E-state index in [1.54, 1.807) is 0 Å². The maximum atomic E-state index is 13.1. The fraction of sp³-hybridized carbons (Fsp3) is 0.676. The zero-order chi connectivity index (χ0) is 29.8. The molecule has 3 heterocycles. The van der Waals surface area contributed by atoms with Gasteiger partial charge in [-0.3, -0.25) is 9.78 Å². The number of nitrogens with zero attached hydrogens (tertiary/aromatic N) is 2. The zero-order valence-corrected chi connectivity index (χ0v) is 28.2. The Kier molecular flexibility index (Phi) is 14.8. The van der Waals surface area contributed by atoms with Gasteiger partial charge in [-0.2, -0.15) is 0 Å². The summed E-state index contributed by atoms with van der Waals surface area (Å²) < 4.78 is 12.8. The second-order valence-corrected chi connectivity index (χ2v) is 13.3. The summed E-state index contributed by atoms with van der Waals surface area (Å²) in [6.07, 6.45) is 23.4. The quantitative estimate of drug-likeness (QED) is 0.101. The van der Waals surface area contributed by atoms with Crippen LogP contribution in [0.4, 0.5) is 0 Å². The van der Waals surface area contributed by atoms with Gasteiger partial charge in [-0.05, 0) is 88.8 Å². The third-order valence-electron chi connectivity index (χ3n) is 9.28. The average molecular weight is 613 g/mol. The fourth-order valence-electron chi connectivity index (χ4n) is 6.68. The highest BCUT2D eigenvalue weighted by Crippen LogP contribution is 2.50.